The third-order valence-corrected chi connectivity index (χ3v) is 5.54. The topological polar surface area (TPSA) is 32.7 Å². The normalized spacial score (nSPS) is 16.4. The summed E-state index contributed by atoms with van der Waals surface area (Å²) in [5, 5.41) is 0.875. The lowest BCUT2D eigenvalue weighted by atomic mass is 10.1. The largest absolute Gasteiger partial charge is 0.302 e. The molecule has 0 bridgehead atoms. The molecule has 1 saturated heterocycles. The van der Waals surface area contributed by atoms with Crippen LogP contribution in [0.15, 0.2) is 53.5 Å². The SMILES string of the molecule is O=Cc1cc(Cl)ccc1N=CSC(CN1CCCC1)c1ccccc1. The molecule has 0 N–H and O–H groups in total. The maximum Gasteiger partial charge on any atom is 0.152 e. The maximum atomic E-state index is 11.2. The first-order valence-electron chi connectivity index (χ1n) is 8.46. The average Bonchev–Trinajstić information content (AvgIpc) is 3.16. The van der Waals surface area contributed by atoms with Crippen molar-refractivity contribution in [2.75, 3.05) is 19.6 Å². The molecule has 25 heavy (non-hydrogen) atoms. The maximum absolute atomic E-state index is 11.2. The third-order valence-electron chi connectivity index (χ3n) is 4.33. The summed E-state index contributed by atoms with van der Waals surface area (Å²) >= 11 is 7.63. The molecule has 130 valence electrons. The van der Waals surface area contributed by atoms with Crippen LogP contribution in [0.1, 0.15) is 34.0 Å². The van der Waals surface area contributed by atoms with Gasteiger partial charge in [0.15, 0.2) is 6.29 Å². The summed E-state index contributed by atoms with van der Waals surface area (Å²) in [6, 6.07) is 15.7. The number of aldehydes is 1. The zero-order valence-corrected chi connectivity index (χ0v) is 15.5. The molecule has 1 fully saturated rings. The Morgan fingerprint density at radius 3 is 2.64 bits per heavy atom. The van der Waals surface area contributed by atoms with Gasteiger partial charge in [0.05, 0.1) is 11.2 Å². The van der Waals surface area contributed by atoms with Crippen molar-refractivity contribution in [3.05, 3.63) is 64.7 Å². The summed E-state index contributed by atoms with van der Waals surface area (Å²) in [4.78, 5) is 18.2. The lowest BCUT2D eigenvalue weighted by molar-refractivity contribution is 0.112. The van der Waals surface area contributed by atoms with Crippen molar-refractivity contribution in [1.29, 1.82) is 0 Å². The van der Waals surface area contributed by atoms with E-state index in [0.29, 0.717) is 21.5 Å². The van der Waals surface area contributed by atoms with Crippen LogP contribution >= 0.6 is 23.4 Å². The summed E-state index contributed by atoms with van der Waals surface area (Å²) in [5.74, 6) is 0. The zero-order valence-electron chi connectivity index (χ0n) is 14.0. The van der Waals surface area contributed by atoms with Crippen LogP contribution in [0, 0.1) is 0 Å². The van der Waals surface area contributed by atoms with Gasteiger partial charge in [0, 0.05) is 22.4 Å². The highest BCUT2D eigenvalue weighted by Gasteiger charge is 2.18. The Morgan fingerprint density at radius 2 is 1.92 bits per heavy atom. The molecule has 0 amide bonds. The first-order chi connectivity index (χ1) is 12.3. The van der Waals surface area contributed by atoms with E-state index in [2.05, 4.69) is 34.2 Å². The monoisotopic (exact) mass is 372 g/mol. The molecule has 1 unspecified atom stereocenters. The Balaban J connectivity index is 1.72. The fourth-order valence-electron chi connectivity index (χ4n) is 2.99. The van der Waals surface area contributed by atoms with E-state index >= 15 is 0 Å². The predicted octanol–water partition coefficient (Wildman–Crippen LogP) is 5.38. The van der Waals surface area contributed by atoms with Crippen molar-refractivity contribution in [2.45, 2.75) is 18.1 Å². The van der Waals surface area contributed by atoms with Crippen molar-refractivity contribution in [1.82, 2.24) is 4.90 Å². The van der Waals surface area contributed by atoms with Gasteiger partial charge >= 0.3 is 0 Å². The highest BCUT2D eigenvalue weighted by molar-refractivity contribution is 8.12. The number of carbonyl (C=O) groups excluding carboxylic acids is 1. The molecular weight excluding hydrogens is 352 g/mol. The first-order valence-corrected chi connectivity index (χ1v) is 9.78. The van der Waals surface area contributed by atoms with Gasteiger partial charge in [0.1, 0.15) is 0 Å². The Hall–Kier alpha value is -1.62. The minimum absolute atomic E-state index is 0.329. The number of thioether (sulfide) groups is 1. The van der Waals surface area contributed by atoms with Crippen LogP contribution < -0.4 is 0 Å². The molecule has 2 aromatic carbocycles. The molecule has 3 nitrogen and oxygen atoms in total. The van der Waals surface area contributed by atoms with Gasteiger partial charge in [-0.1, -0.05) is 41.9 Å². The summed E-state index contributed by atoms with van der Waals surface area (Å²) in [5.41, 5.74) is 4.32. The van der Waals surface area contributed by atoms with E-state index < -0.39 is 0 Å². The molecule has 2 aromatic rings. The summed E-state index contributed by atoms with van der Waals surface area (Å²) in [6.07, 6.45) is 3.36. The summed E-state index contributed by atoms with van der Waals surface area (Å²) in [7, 11) is 0. The Bertz CT molecular complexity index is 730. The van der Waals surface area contributed by atoms with Crippen molar-refractivity contribution in [3.63, 3.8) is 0 Å². The van der Waals surface area contributed by atoms with E-state index in [4.69, 9.17) is 11.6 Å². The number of carbonyl (C=O) groups is 1. The molecule has 0 aromatic heterocycles. The van der Waals surface area contributed by atoms with Gasteiger partial charge in [-0.05, 0) is 49.7 Å². The molecule has 0 saturated carbocycles. The van der Waals surface area contributed by atoms with Crippen molar-refractivity contribution in [2.24, 2.45) is 4.99 Å². The van der Waals surface area contributed by atoms with Crippen LogP contribution in [-0.4, -0.2) is 36.4 Å². The van der Waals surface area contributed by atoms with Crippen LogP contribution in [0.2, 0.25) is 5.02 Å². The van der Waals surface area contributed by atoms with E-state index in [9.17, 15) is 4.79 Å². The molecule has 1 aliphatic rings. The Kier molecular flexibility index (Phi) is 6.68. The van der Waals surface area contributed by atoms with Crippen LogP contribution in [-0.2, 0) is 0 Å². The van der Waals surface area contributed by atoms with Crippen LogP contribution in [0.25, 0.3) is 0 Å². The number of hydrogen-bond acceptors (Lipinski definition) is 4. The predicted molar refractivity (Wildman–Crippen MR) is 107 cm³/mol. The van der Waals surface area contributed by atoms with Crippen LogP contribution in [0.3, 0.4) is 0 Å². The van der Waals surface area contributed by atoms with E-state index in [0.717, 1.165) is 12.8 Å². The molecule has 1 aliphatic heterocycles. The molecular formula is C20H21ClN2OS. The zero-order chi connectivity index (χ0) is 17.5. The highest BCUT2D eigenvalue weighted by Crippen LogP contribution is 2.30. The minimum atomic E-state index is 0.329. The van der Waals surface area contributed by atoms with Gasteiger partial charge in [0.25, 0.3) is 0 Å². The highest BCUT2D eigenvalue weighted by atomic mass is 35.5. The van der Waals surface area contributed by atoms with Gasteiger partial charge in [-0.2, -0.15) is 0 Å². The number of likely N-dealkylation sites (tertiary alicyclic amines) is 1. The molecule has 1 atom stereocenters. The second kappa shape index (κ2) is 9.18. The molecule has 0 radical (unpaired) electrons. The fourth-order valence-corrected chi connectivity index (χ4v) is 4.11. The average molecular weight is 373 g/mol. The van der Waals surface area contributed by atoms with Gasteiger partial charge in [-0.25, -0.2) is 4.99 Å². The van der Waals surface area contributed by atoms with Gasteiger partial charge in [-0.15, -0.1) is 11.8 Å². The second-order valence-electron chi connectivity index (χ2n) is 6.10. The number of halogens is 1. The van der Waals surface area contributed by atoms with E-state index in [-0.39, 0.29) is 0 Å². The first kappa shape index (κ1) is 18.2. The van der Waals surface area contributed by atoms with Crippen molar-refractivity contribution >= 4 is 40.9 Å². The molecule has 5 heteroatoms. The van der Waals surface area contributed by atoms with Gasteiger partial charge < -0.3 is 4.90 Å². The fraction of sp³-hybridized carbons (Fsp3) is 0.300. The van der Waals surface area contributed by atoms with E-state index in [1.807, 2.05) is 11.6 Å². The number of rotatable bonds is 7. The molecule has 3 rings (SSSR count). The van der Waals surface area contributed by atoms with Crippen molar-refractivity contribution in [3.8, 4) is 0 Å². The van der Waals surface area contributed by atoms with Gasteiger partial charge in [0.2, 0.25) is 0 Å². The van der Waals surface area contributed by atoms with Crippen LogP contribution in [0.5, 0.6) is 0 Å². The molecule has 0 aliphatic carbocycles. The standard InChI is InChI=1S/C20H21ClN2OS/c21-18-8-9-19(17(12-18)14-24)22-15-25-20(13-23-10-4-5-11-23)16-6-2-1-3-7-16/h1-3,6-9,12,14-15,20H,4-5,10-11,13H2. The minimum Gasteiger partial charge on any atom is -0.302 e. The number of aliphatic imine (C=N–C) groups is 1. The third kappa shape index (κ3) is 5.18. The second-order valence-corrected chi connectivity index (χ2v) is 7.59. The van der Waals surface area contributed by atoms with Crippen molar-refractivity contribution < 1.29 is 4.79 Å². The summed E-state index contributed by atoms with van der Waals surface area (Å²) in [6.45, 7) is 3.36. The number of benzene rings is 2. The quantitative estimate of drug-likeness (QED) is 0.371. The number of hydrogen-bond donors (Lipinski definition) is 0. The number of nitrogens with zero attached hydrogens (tertiary/aromatic N) is 2. The molecule has 1 heterocycles. The van der Waals surface area contributed by atoms with Crippen LogP contribution in [0.4, 0.5) is 5.69 Å². The lowest BCUT2D eigenvalue weighted by Gasteiger charge is -2.22. The Labute approximate surface area is 158 Å². The summed E-state index contributed by atoms with van der Waals surface area (Å²) < 4.78 is 0. The lowest BCUT2D eigenvalue weighted by Crippen LogP contribution is -2.24. The van der Waals surface area contributed by atoms with E-state index in [1.54, 1.807) is 30.0 Å². The Morgan fingerprint density at radius 1 is 1.16 bits per heavy atom. The van der Waals surface area contributed by atoms with E-state index in [1.165, 1.54) is 31.5 Å². The van der Waals surface area contributed by atoms with Gasteiger partial charge in [-0.3, -0.25) is 4.79 Å². The smallest absolute Gasteiger partial charge is 0.152 e. The molecule has 0 spiro atoms.